The number of hydrogen-bond acceptors (Lipinski definition) is 5. The average Bonchev–Trinajstić information content (AvgIpc) is 3.22. The number of anilines is 1. The molecule has 0 spiro atoms. The minimum atomic E-state index is -0.243. The molecule has 24 heavy (non-hydrogen) atoms. The largest absolute Gasteiger partial charge is 0.497 e. The fourth-order valence-corrected chi connectivity index (χ4v) is 3.40. The van der Waals surface area contributed by atoms with Crippen molar-refractivity contribution >= 4 is 22.4 Å². The second kappa shape index (κ2) is 7.37. The van der Waals surface area contributed by atoms with Crippen molar-refractivity contribution in [3.05, 3.63) is 40.9 Å². The van der Waals surface area contributed by atoms with Crippen molar-refractivity contribution in [2.24, 2.45) is 0 Å². The molecule has 0 bridgehead atoms. The van der Waals surface area contributed by atoms with Gasteiger partial charge in [0.1, 0.15) is 5.75 Å². The highest BCUT2D eigenvalue weighted by Crippen LogP contribution is 2.24. The number of benzene rings is 1. The molecule has 1 aromatic heterocycles. The third-order valence-corrected chi connectivity index (χ3v) is 4.83. The van der Waals surface area contributed by atoms with Gasteiger partial charge in [0.05, 0.1) is 12.8 Å². The lowest BCUT2D eigenvalue weighted by Gasteiger charge is -2.14. The molecule has 1 atom stereocenters. The number of carbonyl (C=O) groups is 1. The number of amides is 1. The van der Waals surface area contributed by atoms with Gasteiger partial charge in [-0.15, -0.1) is 11.3 Å². The number of ether oxygens (including phenoxy) is 1. The Morgan fingerprint density at radius 3 is 2.88 bits per heavy atom. The average molecular weight is 341 g/mol. The van der Waals surface area contributed by atoms with E-state index in [1.165, 1.54) is 0 Å². The molecule has 1 aromatic carbocycles. The lowest BCUT2D eigenvalue weighted by Crippen LogP contribution is -2.36. The standard InChI is InChI=1S/C18H19N3O2S/c1-13-12-24-18(19-13)21-10-9-15(11-21)20-17(22)8-5-14-3-6-16(23-2)7-4-14/h3-4,6-7,12,15H,9-11H2,1-2H3,(H,20,22). The molecular weight excluding hydrogens is 322 g/mol. The van der Waals surface area contributed by atoms with Gasteiger partial charge in [-0.3, -0.25) is 4.79 Å². The van der Waals surface area contributed by atoms with E-state index >= 15 is 0 Å². The maximum Gasteiger partial charge on any atom is 0.296 e. The van der Waals surface area contributed by atoms with Crippen molar-refractivity contribution in [1.82, 2.24) is 10.3 Å². The van der Waals surface area contributed by atoms with Crippen molar-refractivity contribution in [1.29, 1.82) is 0 Å². The molecule has 2 aromatic rings. The number of thiazole rings is 1. The summed E-state index contributed by atoms with van der Waals surface area (Å²) in [6.07, 6.45) is 0.911. The highest BCUT2D eigenvalue weighted by molar-refractivity contribution is 7.13. The van der Waals surface area contributed by atoms with Gasteiger partial charge in [-0.05, 0) is 37.6 Å². The number of aryl methyl sites for hydroxylation is 1. The SMILES string of the molecule is COc1ccc(C#CC(=O)NC2CCN(c3nc(C)cs3)C2)cc1. The summed E-state index contributed by atoms with van der Waals surface area (Å²) >= 11 is 1.64. The van der Waals surface area contributed by atoms with Gasteiger partial charge >= 0.3 is 0 Å². The van der Waals surface area contributed by atoms with Crippen LogP contribution in [-0.2, 0) is 4.79 Å². The van der Waals surface area contributed by atoms with Crippen LogP contribution in [0.4, 0.5) is 5.13 Å². The zero-order valence-corrected chi connectivity index (χ0v) is 14.5. The second-order valence-corrected chi connectivity index (χ2v) is 6.49. The van der Waals surface area contributed by atoms with Gasteiger partial charge < -0.3 is 15.0 Å². The molecule has 1 saturated heterocycles. The molecule has 6 heteroatoms. The van der Waals surface area contributed by atoms with Gasteiger partial charge in [0, 0.05) is 36.0 Å². The van der Waals surface area contributed by atoms with Crippen molar-refractivity contribution in [3.8, 4) is 17.6 Å². The zero-order valence-electron chi connectivity index (χ0n) is 13.7. The van der Waals surface area contributed by atoms with E-state index in [0.717, 1.165) is 41.6 Å². The van der Waals surface area contributed by atoms with Crippen LogP contribution in [0.5, 0.6) is 5.75 Å². The van der Waals surface area contributed by atoms with E-state index in [1.807, 2.05) is 36.6 Å². The molecule has 1 unspecified atom stereocenters. The first-order chi connectivity index (χ1) is 11.6. The first kappa shape index (κ1) is 16.3. The predicted molar refractivity (Wildman–Crippen MR) is 95.5 cm³/mol. The molecule has 1 amide bonds. The zero-order chi connectivity index (χ0) is 16.9. The third kappa shape index (κ3) is 4.06. The molecule has 1 aliphatic heterocycles. The number of nitrogens with zero attached hydrogens (tertiary/aromatic N) is 2. The van der Waals surface area contributed by atoms with Gasteiger partial charge in [-0.2, -0.15) is 0 Å². The number of nitrogens with one attached hydrogen (secondary N) is 1. The second-order valence-electron chi connectivity index (χ2n) is 5.66. The van der Waals surface area contributed by atoms with Gasteiger partial charge in [-0.1, -0.05) is 5.92 Å². The Balaban J connectivity index is 1.53. The smallest absolute Gasteiger partial charge is 0.296 e. The van der Waals surface area contributed by atoms with Crippen molar-refractivity contribution in [3.63, 3.8) is 0 Å². The summed E-state index contributed by atoms with van der Waals surface area (Å²) < 4.78 is 5.10. The summed E-state index contributed by atoms with van der Waals surface area (Å²) in [7, 11) is 1.62. The quantitative estimate of drug-likeness (QED) is 0.870. The molecule has 0 saturated carbocycles. The van der Waals surface area contributed by atoms with E-state index in [2.05, 4.69) is 27.0 Å². The molecule has 3 rings (SSSR count). The van der Waals surface area contributed by atoms with Crippen LogP contribution >= 0.6 is 11.3 Å². The van der Waals surface area contributed by atoms with Crippen LogP contribution in [0, 0.1) is 18.8 Å². The number of aromatic nitrogens is 1. The van der Waals surface area contributed by atoms with Crippen LogP contribution in [0.3, 0.4) is 0 Å². The van der Waals surface area contributed by atoms with Gasteiger partial charge in [0.2, 0.25) is 0 Å². The topological polar surface area (TPSA) is 54.5 Å². The highest BCUT2D eigenvalue weighted by atomic mass is 32.1. The maximum absolute atomic E-state index is 12.0. The van der Waals surface area contributed by atoms with Gasteiger partial charge in [-0.25, -0.2) is 4.98 Å². The number of hydrogen-bond donors (Lipinski definition) is 1. The molecule has 1 fully saturated rings. The van der Waals surface area contributed by atoms with Crippen LogP contribution in [0.25, 0.3) is 0 Å². The van der Waals surface area contributed by atoms with Crippen molar-refractivity contribution in [2.45, 2.75) is 19.4 Å². The molecule has 0 aliphatic carbocycles. The number of methoxy groups -OCH3 is 1. The third-order valence-electron chi connectivity index (χ3n) is 3.81. The Bertz CT molecular complexity index is 774. The van der Waals surface area contributed by atoms with Crippen molar-refractivity contribution in [2.75, 3.05) is 25.1 Å². The highest BCUT2D eigenvalue weighted by Gasteiger charge is 2.25. The number of rotatable bonds is 3. The van der Waals surface area contributed by atoms with E-state index in [-0.39, 0.29) is 11.9 Å². The van der Waals surface area contributed by atoms with E-state index in [1.54, 1.807) is 18.4 Å². The summed E-state index contributed by atoms with van der Waals surface area (Å²) in [4.78, 5) is 18.7. The molecular formula is C18H19N3O2S. The van der Waals surface area contributed by atoms with Crippen molar-refractivity contribution < 1.29 is 9.53 Å². The molecule has 5 nitrogen and oxygen atoms in total. The monoisotopic (exact) mass is 341 g/mol. The minimum absolute atomic E-state index is 0.117. The van der Waals surface area contributed by atoms with Crippen LogP contribution in [0.2, 0.25) is 0 Å². The van der Waals surface area contributed by atoms with Crippen LogP contribution < -0.4 is 15.0 Å². The maximum atomic E-state index is 12.0. The molecule has 1 N–H and O–H groups in total. The first-order valence-corrected chi connectivity index (χ1v) is 8.65. The van der Waals surface area contributed by atoms with E-state index < -0.39 is 0 Å². The van der Waals surface area contributed by atoms with Crippen LogP contribution in [-0.4, -0.2) is 37.1 Å². The van der Waals surface area contributed by atoms with Gasteiger partial charge in [0.25, 0.3) is 5.91 Å². The Labute approximate surface area is 145 Å². The normalized spacial score (nSPS) is 16.4. The Kier molecular flexibility index (Phi) is 5.02. The number of carbonyl (C=O) groups excluding carboxylic acids is 1. The minimum Gasteiger partial charge on any atom is -0.497 e. The van der Waals surface area contributed by atoms with E-state index in [4.69, 9.17) is 4.74 Å². The predicted octanol–water partition coefficient (Wildman–Crippen LogP) is 2.21. The molecule has 2 heterocycles. The Morgan fingerprint density at radius 1 is 1.42 bits per heavy atom. The first-order valence-electron chi connectivity index (χ1n) is 7.77. The fourth-order valence-electron chi connectivity index (χ4n) is 2.56. The van der Waals surface area contributed by atoms with Crippen LogP contribution in [0.15, 0.2) is 29.6 Å². The van der Waals surface area contributed by atoms with Crippen LogP contribution in [0.1, 0.15) is 17.7 Å². The lowest BCUT2D eigenvalue weighted by atomic mass is 10.2. The lowest BCUT2D eigenvalue weighted by molar-refractivity contribution is -0.116. The Hall–Kier alpha value is -2.52. The summed E-state index contributed by atoms with van der Waals surface area (Å²) in [6.45, 7) is 3.68. The summed E-state index contributed by atoms with van der Waals surface area (Å²) in [5.41, 5.74) is 1.82. The fraction of sp³-hybridized carbons (Fsp3) is 0.333. The molecule has 124 valence electrons. The van der Waals surface area contributed by atoms with Gasteiger partial charge in [0.15, 0.2) is 5.13 Å². The van der Waals surface area contributed by atoms with E-state index in [0.29, 0.717) is 0 Å². The van der Waals surface area contributed by atoms with E-state index in [9.17, 15) is 4.79 Å². The molecule has 1 aliphatic rings. The summed E-state index contributed by atoms with van der Waals surface area (Å²) in [5.74, 6) is 6.05. The molecule has 0 radical (unpaired) electrons. The summed E-state index contributed by atoms with van der Waals surface area (Å²) in [6, 6.07) is 7.44. The Morgan fingerprint density at radius 2 is 2.21 bits per heavy atom. The summed E-state index contributed by atoms with van der Waals surface area (Å²) in [5, 5.41) is 6.04.